The first kappa shape index (κ1) is 18.0. The van der Waals surface area contributed by atoms with Gasteiger partial charge in [0.2, 0.25) is 0 Å². The Morgan fingerprint density at radius 1 is 0.741 bits per heavy atom. The Hall–Kier alpha value is -3.80. The average molecular weight is 362 g/mol. The van der Waals surface area contributed by atoms with Gasteiger partial charge in [0.1, 0.15) is 23.0 Å². The van der Waals surface area contributed by atoms with Crippen LogP contribution in [0.1, 0.15) is 11.1 Å². The predicted octanol–water partition coefficient (Wildman–Crippen LogP) is 4.31. The van der Waals surface area contributed by atoms with Crippen molar-refractivity contribution in [3.05, 3.63) is 71.8 Å². The van der Waals surface area contributed by atoms with E-state index in [0.717, 1.165) is 0 Å². The predicted molar refractivity (Wildman–Crippen MR) is 105 cm³/mol. The number of aliphatic imine (C=N–C) groups is 2. The number of hydrogen-bond donors (Lipinski definition) is 3. The van der Waals surface area contributed by atoms with Crippen LogP contribution < -0.4 is 4.74 Å². The van der Waals surface area contributed by atoms with Gasteiger partial charge >= 0.3 is 0 Å². The molecule has 0 saturated carbocycles. The number of ether oxygens (including phenoxy) is 1. The summed E-state index contributed by atoms with van der Waals surface area (Å²) in [4.78, 5) is 8.77. The van der Waals surface area contributed by atoms with E-state index in [1.807, 2.05) is 12.1 Å². The Labute approximate surface area is 156 Å². The van der Waals surface area contributed by atoms with Crippen LogP contribution in [0.2, 0.25) is 0 Å². The van der Waals surface area contributed by atoms with Crippen LogP contribution in [0.15, 0.2) is 70.6 Å². The van der Waals surface area contributed by atoms with Crippen molar-refractivity contribution in [3.8, 4) is 23.0 Å². The van der Waals surface area contributed by atoms with Gasteiger partial charge < -0.3 is 20.1 Å². The zero-order chi connectivity index (χ0) is 19.2. The van der Waals surface area contributed by atoms with Gasteiger partial charge in [-0.3, -0.25) is 9.98 Å². The van der Waals surface area contributed by atoms with E-state index in [2.05, 4.69) is 9.98 Å². The van der Waals surface area contributed by atoms with E-state index < -0.39 is 0 Å². The molecule has 3 aromatic carbocycles. The maximum Gasteiger partial charge on any atom is 0.128 e. The lowest BCUT2D eigenvalue weighted by atomic mass is 10.2. The van der Waals surface area contributed by atoms with E-state index in [0.29, 0.717) is 28.3 Å². The van der Waals surface area contributed by atoms with Crippen LogP contribution in [-0.4, -0.2) is 34.9 Å². The van der Waals surface area contributed by atoms with Crippen LogP contribution in [0.4, 0.5) is 11.4 Å². The van der Waals surface area contributed by atoms with Crippen LogP contribution in [0.5, 0.6) is 23.0 Å². The second-order valence-corrected chi connectivity index (χ2v) is 5.67. The van der Waals surface area contributed by atoms with Crippen molar-refractivity contribution < 1.29 is 20.1 Å². The van der Waals surface area contributed by atoms with E-state index in [1.165, 1.54) is 31.5 Å². The van der Waals surface area contributed by atoms with Crippen LogP contribution in [0.3, 0.4) is 0 Å². The number of aromatic hydroxyl groups is 3. The third-order valence-electron chi connectivity index (χ3n) is 3.82. The van der Waals surface area contributed by atoms with Gasteiger partial charge in [0.15, 0.2) is 0 Å². The summed E-state index contributed by atoms with van der Waals surface area (Å²) in [5.74, 6) is 0.535. The van der Waals surface area contributed by atoms with Crippen molar-refractivity contribution >= 4 is 23.8 Å². The van der Waals surface area contributed by atoms with Gasteiger partial charge in [0, 0.05) is 35.7 Å². The maximum atomic E-state index is 10.0. The fourth-order valence-electron chi connectivity index (χ4n) is 2.36. The largest absolute Gasteiger partial charge is 0.508 e. The summed E-state index contributed by atoms with van der Waals surface area (Å²) in [6, 6.07) is 16.5. The molecule has 6 nitrogen and oxygen atoms in total. The maximum absolute atomic E-state index is 10.0. The first-order valence-corrected chi connectivity index (χ1v) is 8.13. The second-order valence-electron chi connectivity index (χ2n) is 5.67. The molecule has 0 heterocycles. The van der Waals surface area contributed by atoms with Crippen molar-refractivity contribution in [2.24, 2.45) is 9.98 Å². The summed E-state index contributed by atoms with van der Waals surface area (Å²) in [5, 5.41) is 29.2. The quantitative estimate of drug-likeness (QED) is 0.589. The van der Waals surface area contributed by atoms with Gasteiger partial charge in [-0.05, 0) is 36.4 Å². The molecule has 0 fully saturated rings. The minimum Gasteiger partial charge on any atom is -0.508 e. The molecule has 3 rings (SSSR count). The fraction of sp³-hybridized carbons (Fsp3) is 0.0476. The van der Waals surface area contributed by atoms with E-state index in [4.69, 9.17) is 4.74 Å². The highest BCUT2D eigenvalue weighted by Gasteiger charge is 2.03. The normalized spacial score (nSPS) is 11.3. The molecule has 0 aliphatic carbocycles. The molecule has 0 aliphatic rings. The first-order chi connectivity index (χ1) is 13.1. The molecule has 0 amide bonds. The summed E-state index contributed by atoms with van der Waals surface area (Å²) in [7, 11) is 1.53. The summed E-state index contributed by atoms with van der Waals surface area (Å²) < 4.78 is 5.06. The molecule has 0 spiro atoms. The van der Waals surface area contributed by atoms with Crippen molar-refractivity contribution in [1.29, 1.82) is 0 Å². The number of benzene rings is 3. The molecular weight excluding hydrogens is 344 g/mol. The Bertz CT molecular complexity index is 1010. The molecule has 0 aromatic heterocycles. The van der Waals surface area contributed by atoms with E-state index >= 15 is 0 Å². The fourth-order valence-corrected chi connectivity index (χ4v) is 2.36. The van der Waals surface area contributed by atoms with Crippen molar-refractivity contribution in [2.45, 2.75) is 0 Å². The number of para-hydroxylation sites is 2. The monoisotopic (exact) mass is 362 g/mol. The smallest absolute Gasteiger partial charge is 0.128 e. The Kier molecular flexibility index (Phi) is 5.37. The van der Waals surface area contributed by atoms with Gasteiger partial charge in [-0.1, -0.05) is 12.1 Å². The zero-order valence-corrected chi connectivity index (χ0v) is 14.6. The molecule has 0 atom stereocenters. The molecule has 6 heteroatoms. The van der Waals surface area contributed by atoms with Crippen LogP contribution in [0, 0.1) is 0 Å². The Balaban J connectivity index is 1.87. The van der Waals surface area contributed by atoms with Crippen molar-refractivity contribution in [2.75, 3.05) is 7.11 Å². The lowest BCUT2D eigenvalue weighted by molar-refractivity contribution is 0.407. The summed E-state index contributed by atoms with van der Waals surface area (Å²) in [6.07, 6.45) is 3.04. The van der Waals surface area contributed by atoms with Gasteiger partial charge in [0.05, 0.1) is 18.5 Å². The van der Waals surface area contributed by atoms with E-state index in [9.17, 15) is 15.3 Å². The highest BCUT2D eigenvalue weighted by molar-refractivity contribution is 5.89. The average Bonchev–Trinajstić information content (AvgIpc) is 2.67. The highest BCUT2D eigenvalue weighted by Crippen LogP contribution is 2.29. The highest BCUT2D eigenvalue weighted by atomic mass is 16.5. The lowest BCUT2D eigenvalue weighted by Crippen LogP contribution is -1.86. The first-order valence-electron chi connectivity index (χ1n) is 8.13. The SMILES string of the molecule is COc1ccc(C=Nc2ccccc2N=Cc2ccc(O)cc2O)c(O)c1. The van der Waals surface area contributed by atoms with Crippen LogP contribution >= 0.6 is 0 Å². The summed E-state index contributed by atoms with van der Waals surface area (Å²) in [6.45, 7) is 0. The van der Waals surface area contributed by atoms with Crippen LogP contribution in [0.25, 0.3) is 0 Å². The lowest BCUT2D eigenvalue weighted by Gasteiger charge is -2.04. The Morgan fingerprint density at radius 3 is 1.81 bits per heavy atom. The second kappa shape index (κ2) is 8.05. The van der Waals surface area contributed by atoms with E-state index in [1.54, 1.807) is 36.5 Å². The molecule has 0 unspecified atom stereocenters. The summed E-state index contributed by atoms with van der Waals surface area (Å²) >= 11 is 0. The number of phenolic OH excluding ortho intramolecular Hbond substituents is 3. The number of nitrogens with zero attached hydrogens (tertiary/aromatic N) is 2. The number of rotatable bonds is 5. The zero-order valence-electron chi connectivity index (χ0n) is 14.6. The molecular formula is C21H18N2O4. The van der Waals surface area contributed by atoms with E-state index in [-0.39, 0.29) is 17.2 Å². The molecule has 0 radical (unpaired) electrons. The topological polar surface area (TPSA) is 94.6 Å². The van der Waals surface area contributed by atoms with Gasteiger partial charge in [-0.25, -0.2) is 0 Å². The molecule has 3 aromatic rings. The van der Waals surface area contributed by atoms with Gasteiger partial charge in [0.25, 0.3) is 0 Å². The number of phenols is 3. The van der Waals surface area contributed by atoms with Gasteiger partial charge in [-0.15, -0.1) is 0 Å². The minimum atomic E-state index is -0.0668. The van der Waals surface area contributed by atoms with Crippen molar-refractivity contribution in [3.63, 3.8) is 0 Å². The molecule has 0 aliphatic heterocycles. The van der Waals surface area contributed by atoms with Crippen LogP contribution in [-0.2, 0) is 0 Å². The third kappa shape index (κ3) is 4.43. The molecule has 3 N–H and O–H groups in total. The number of hydrogen-bond acceptors (Lipinski definition) is 6. The minimum absolute atomic E-state index is 0.0195. The van der Waals surface area contributed by atoms with Gasteiger partial charge in [-0.2, -0.15) is 0 Å². The standard InChI is InChI=1S/C21H18N2O4/c1-27-17-9-7-15(21(26)11-17)13-23-19-5-3-2-4-18(19)22-12-14-6-8-16(24)10-20(14)25/h2-13,24-26H,1H3. The number of methoxy groups -OCH3 is 1. The summed E-state index contributed by atoms with van der Waals surface area (Å²) in [5.41, 5.74) is 2.21. The molecule has 136 valence electrons. The van der Waals surface area contributed by atoms with Crippen molar-refractivity contribution in [1.82, 2.24) is 0 Å². The third-order valence-corrected chi connectivity index (χ3v) is 3.82. The molecule has 0 bridgehead atoms. The Morgan fingerprint density at radius 2 is 1.30 bits per heavy atom. The molecule has 27 heavy (non-hydrogen) atoms. The molecule has 0 saturated heterocycles.